The number of fused-ring (bicyclic) bond motifs is 1. The van der Waals surface area contributed by atoms with Crippen LogP contribution in [0.2, 0.25) is 0 Å². The minimum Gasteiger partial charge on any atom is -0.308 e. The number of rotatable bonds is 2. The van der Waals surface area contributed by atoms with E-state index in [0.717, 1.165) is 24.0 Å². The molecule has 0 saturated heterocycles. The summed E-state index contributed by atoms with van der Waals surface area (Å²) in [5.41, 5.74) is 3.29. The molecule has 0 atom stereocenters. The minimum absolute atomic E-state index is 0.0164. The van der Waals surface area contributed by atoms with Crippen LogP contribution in [0.4, 0.5) is 11.4 Å². The maximum atomic E-state index is 12.8. The molecule has 0 N–H and O–H groups in total. The molecule has 3 rings (SSSR count). The Balaban J connectivity index is 2.02. The number of non-ortho nitro benzene ring substituents is 1. The summed E-state index contributed by atoms with van der Waals surface area (Å²) < 4.78 is 0. The number of carbonyl (C=O) groups is 1. The number of nitrogens with zero attached hydrogens (tertiary/aromatic N) is 2. The maximum absolute atomic E-state index is 12.8. The van der Waals surface area contributed by atoms with Gasteiger partial charge in [0.05, 0.1) is 10.6 Å². The Morgan fingerprint density at radius 2 is 2.05 bits per heavy atom. The summed E-state index contributed by atoms with van der Waals surface area (Å²) in [5.74, 6) is -0.106. The molecule has 0 fully saturated rings. The van der Waals surface area contributed by atoms with Crippen LogP contribution in [0, 0.1) is 17.0 Å². The maximum Gasteiger partial charge on any atom is 0.271 e. The predicted octanol–water partition coefficient (Wildman–Crippen LogP) is 3.50. The molecule has 112 valence electrons. The number of hydrogen-bond acceptors (Lipinski definition) is 3. The van der Waals surface area contributed by atoms with Crippen LogP contribution in [0.5, 0.6) is 0 Å². The van der Waals surface area contributed by atoms with Crippen molar-refractivity contribution in [2.24, 2.45) is 0 Å². The van der Waals surface area contributed by atoms with Crippen LogP contribution < -0.4 is 4.90 Å². The highest BCUT2D eigenvalue weighted by Gasteiger charge is 2.25. The second kappa shape index (κ2) is 5.60. The van der Waals surface area contributed by atoms with Gasteiger partial charge in [-0.15, -0.1) is 0 Å². The van der Waals surface area contributed by atoms with Crippen molar-refractivity contribution < 1.29 is 9.72 Å². The first-order valence-corrected chi connectivity index (χ1v) is 7.22. The zero-order valence-corrected chi connectivity index (χ0v) is 12.3. The van der Waals surface area contributed by atoms with Gasteiger partial charge in [-0.3, -0.25) is 14.9 Å². The molecular weight excluding hydrogens is 280 g/mol. The molecule has 1 amide bonds. The number of anilines is 1. The van der Waals surface area contributed by atoms with E-state index >= 15 is 0 Å². The van der Waals surface area contributed by atoms with Gasteiger partial charge in [-0.25, -0.2) is 0 Å². The molecule has 1 aliphatic heterocycles. The average Bonchev–Trinajstić information content (AvgIpc) is 2.53. The summed E-state index contributed by atoms with van der Waals surface area (Å²) in [6.07, 6.45) is 1.70. The van der Waals surface area contributed by atoms with E-state index in [0.29, 0.717) is 17.8 Å². The Hall–Kier alpha value is -2.69. The Bertz CT molecular complexity index is 755. The molecular formula is C17H16N2O3. The number of benzene rings is 2. The number of amides is 1. The topological polar surface area (TPSA) is 63.5 Å². The van der Waals surface area contributed by atoms with Crippen LogP contribution in [0.3, 0.4) is 0 Å². The third-order valence-electron chi connectivity index (χ3n) is 3.91. The van der Waals surface area contributed by atoms with Gasteiger partial charge in [-0.2, -0.15) is 0 Å². The fourth-order valence-electron chi connectivity index (χ4n) is 2.82. The van der Waals surface area contributed by atoms with Crippen LogP contribution in [-0.4, -0.2) is 17.4 Å². The number of carbonyl (C=O) groups excluding carboxylic acids is 1. The Kier molecular flexibility index (Phi) is 3.63. The van der Waals surface area contributed by atoms with Crippen LogP contribution in [0.1, 0.15) is 27.9 Å². The van der Waals surface area contributed by atoms with Crippen molar-refractivity contribution >= 4 is 17.3 Å². The highest BCUT2D eigenvalue weighted by molar-refractivity contribution is 6.07. The van der Waals surface area contributed by atoms with E-state index in [1.54, 1.807) is 17.0 Å². The molecule has 0 aromatic heterocycles. The Morgan fingerprint density at radius 3 is 2.77 bits per heavy atom. The van der Waals surface area contributed by atoms with Crippen molar-refractivity contribution in [3.63, 3.8) is 0 Å². The van der Waals surface area contributed by atoms with E-state index in [2.05, 4.69) is 0 Å². The summed E-state index contributed by atoms with van der Waals surface area (Å²) in [7, 11) is 0. The van der Waals surface area contributed by atoms with Crippen molar-refractivity contribution in [2.75, 3.05) is 11.4 Å². The van der Waals surface area contributed by atoms with Crippen LogP contribution >= 0.6 is 0 Å². The zero-order valence-electron chi connectivity index (χ0n) is 12.3. The molecule has 2 aromatic rings. The molecule has 2 aromatic carbocycles. The largest absolute Gasteiger partial charge is 0.308 e. The van der Waals surface area contributed by atoms with Crippen molar-refractivity contribution in [3.05, 3.63) is 69.3 Å². The van der Waals surface area contributed by atoms with E-state index in [4.69, 9.17) is 0 Å². The SMILES string of the molecule is Cc1cccc(C(=O)N2CCCc3ccc([N+](=O)[O-])cc32)c1. The lowest BCUT2D eigenvalue weighted by atomic mass is 10.00. The Morgan fingerprint density at radius 1 is 1.23 bits per heavy atom. The van der Waals surface area contributed by atoms with Gasteiger partial charge >= 0.3 is 0 Å². The molecule has 0 radical (unpaired) electrons. The molecule has 0 saturated carbocycles. The van der Waals surface area contributed by atoms with E-state index in [1.807, 2.05) is 25.1 Å². The van der Waals surface area contributed by atoms with Gasteiger partial charge in [0, 0.05) is 24.2 Å². The lowest BCUT2D eigenvalue weighted by Crippen LogP contribution is -2.35. The van der Waals surface area contributed by atoms with E-state index in [-0.39, 0.29) is 11.6 Å². The highest BCUT2D eigenvalue weighted by atomic mass is 16.6. The van der Waals surface area contributed by atoms with Gasteiger partial charge in [0.1, 0.15) is 0 Å². The molecule has 0 spiro atoms. The highest BCUT2D eigenvalue weighted by Crippen LogP contribution is 2.32. The van der Waals surface area contributed by atoms with Crippen LogP contribution in [0.15, 0.2) is 42.5 Å². The Labute approximate surface area is 128 Å². The first-order valence-electron chi connectivity index (χ1n) is 7.22. The monoisotopic (exact) mass is 296 g/mol. The van der Waals surface area contributed by atoms with Crippen LogP contribution in [-0.2, 0) is 6.42 Å². The molecule has 1 heterocycles. The zero-order chi connectivity index (χ0) is 15.7. The third kappa shape index (κ3) is 2.57. The van der Waals surface area contributed by atoms with Gasteiger partial charge < -0.3 is 4.90 Å². The van der Waals surface area contributed by atoms with E-state index in [9.17, 15) is 14.9 Å². The predicted molar refractivity (Wildman–Crippen MR) is 84.3 cm³/mol. The minimum atomic E-state index is -0.426. The van der Waals surface area contributed by atoms with E-state index < -0.39 is 4.92 Å². The standard InChI is InChI=1S/C17H16N2O3/c1-12-4-2-5-14(10-12)17(20)18-9-3-6-13-7-8-15(19(21)22)11-16(13)18/h2,4-5,7-8,10-11H,3,6,9H2,1H3. The average molecular weight is 296 g/mol. The summed E-state index contributed by atoms with van der Waals surface area (Å²) in [5, 5.41) is 11.0. The smallest absolute Gasteiger partial charge is 0.271 e. The van der Waals surface area contributed by atoms with Crippen molar-refractivity contribution in [1.82, 2.24) is 0 Å². The van der Waals surface area contributed by atoms with Gasteiger partial charge in [-0.1, -0.05) is 23.8 Å². The third-order valence-corrected chi connectivity index (χ3v) is 3.91. The van der Waals surface area contributed by atoms with Gasteiger partial charge in [0.25, 0.3) is 11.6 Å². The first kappa shape index (κ1) is 14.3. The fraction of sp³-hybridized carbons (Fsp3) is 0.235. The lowest BCUT2D eigenvalue weighted by molar-refractivity contribution is -0.384. The quantitative estimate of drug-likeness (QED) is 0.629. The molecule has 0 aliphatic carbocycles. The lowest BCUT2D eigenvalue weighted by Gasteiger charge is -2.29. The van der Waals surface area contributed by atoms with Crippen molar-refractivity contribution in [3.8, 4) is 0 Å². The number of nitro groups is 1. The number of hydrogen-bond donors (Lipinski definition) is 0. The normalized spacial score (nSPS) is 13.6. The molecule has 1 aliphatic rings. The van der Waals surface area contributed by atoms with Crippen molar-refractivity contribution in [2.45, 2.75) is 19.8 Å². The van der Waals surface area contributed by atoms with Crippen LogP contribution in [0.25, 0.3) is 0 Å². The number of nitro benzene ring substituents is 1. The van der Waals surface area contributed by atoms with E-state index in [1.165, 1.54) is 12.1 Å². The molecule has 0 bridgehead atoms. The molecule has 5 nitrogen and oxygen atoms in total. The summed E-state index contributed by atoms with van der Waals surface area (Å²) in [4.78, 5) is 25.0. The first-order chi connectivity index (χ1) is 10.6. The number of aryl methyl sites for hydroxylation is 2. The van der Waals surface area contributed by atoms with Gasteiger partial charge in [-0.05, 0) is 37.5 Å². The summed E-state index contributed by atoms with van der Waals surface area (Å²) in [6, 6.07) is 12.2. The van der Waals surface area contributed by atoms with Gasteiger partial charge in [0.2, 0.25) is 0 Å². The molecule has 5 heteroatoms. The summed E-state index contributed by atoms with van der Waals surface area (Å²) in [6.45, 7) is 2.52. The molecule has 22 heavy (non-hydrogen) atoms. The molecule has 0 unspecified atom stereocenters. The van der Waals surface area contributed by atoms with Gasteiger partial charge in [0.15, 0.2) is 0 Å². The van der Waals surface area contributed by atoms with Crippen molar-refractivity contribution in [1.29, 1.82) is 0 Å². The second-order valence-corrected chi connectivity index (χ2v) is 5.50. The fourth-order valence-corrected chi connectivity index (χ4v) is 2.82. The summed E-state index contributed by atoms with van der Waals surface area (Å²) >= 11 is 0. The second-order valence-electron chi connectivity index (χ2n) is 5.50.